The van der Waals surface area contributed by atoms with Gasteiger partial charge in [0.15, 0.2) is 0 Å². The van der Waals surface area contributed by atoms with Crippen molar-refractivity contribution < 1.29 is 22.8 Å². The van der Waals surface area contributed by atoms with Gasteiger partial charge in [-0.3, -0.25) is 9.59 Å². The number of amides is 1. The van der Waals surface area contributed by atoms with Crippen LogP contribution in [-0.2, 0) is 9.59 Å². The molecule has 124 valence electrons. The van der Waals surface area contributed by atoms with E-state index in [0.717, 1.165) is 11.8 Å². The molecule has 2 rings (SSSR count). The molecule has 0 saturated carbocycles. The van der Waals surface area contributed by atoms with Gasteiger partial charge >= 0.3 is 6.18 Å². The lowest BCUT2D eigenvalue weighted by molar-refractivity contribution is -0.165. The number of halogens is 3. The largest absolute Gasteiger partial charge is 0.454 e. The fourth-order valence-electron chi connectivity index (χ4n) is 2.37. The van der Waals surface area contributed by atoms with Crippen LogP contribution in [-0.4, -0.2) is 35.4 Å². The predicted octanol–water partition coefficient (Wildman–Crippen LogP) is 3.04. The van der Waals surface area contributed by atoms with E-state index in [2.05, 4.69) is 5.32 Å². The number of anilines is 1. The predicted molar refractivity (Wildman–Crippen MR) is 79.7 cm³/mol. The number of hydrogen-bond donors (Lipinski definition) is 1. The van der Waals surface area contributed by atoms with Gasteiger partial charge in [0.05, 0.1) is 0 Å². The van der Waals surface area contributed by atoms with Crippen LogP contribution in [0.4, 0.5) is 18.9 Å². The normalized spacial score (nSPS) is 18.4. The number of alkyl halides is 3. The van der Waals surface area contributed by atoms with Crippen LogP contribution in [0, 0.1) is 6.92 Å². The van der Waals surface area contributed by atoms with E-state index in [9.17, 15) is 22.8 Å². The Kier molecular flexibility index (Phi) is 5.08. The first kappa shape index (κ1) is 17.1. The van der Waals surface area contributed by atoms with Gasteiger partial charge in [-0.15, -0.1) is 0 Å². The molecule has 1 aromatic rings. The van der Waals surface area contributed by atoms with Crippen molar-refractivity contribution >= 4 is 17.4 Å². The Morgan fingerprint density at radius 2 is 1.91 bits per heavy atom. The summed E-state index contributed by atoms with van der Waals surface area (Å²) in [6.07, 6.45) is -2.16. The molecule has 1 aromatic carbocycles. The number of nitrogens with one attached hydrogen (secondary N) is 1. The molecule has 0 unspecified atom stereocenters. The molecule has 1 atom stereocenters. The zero-order valence-corrected chi connectivity index (χ0v) is 12.6. The van der Waals surface area contributed by atoms with Gasteiger partial charge in [-0.05, 0) is 31.9 Å². The smallest absolute Gasteiger partial charge is 0.365 e. The van der Waals surface area contributed by atoms with Crippen molar-refractivity contribution in [3.8, 4) is 0 Å². The Morgan fingerprint density at radius 3 is 2.52 bits per heavy atom. The van der Waals surface area contributed by atoms with Gasteiger partial charge in [0, 0.05) is 24.5 Å². The molecule has 0 spiro atoms. The fourth-order valence-corrected chi connectivity index (χ4v) is 2.37. The van der Waals surface area contributed by atoms with Crippen LogP contribution in [0.15, 0.2) is 36.5 Å². The van der Waals surface area contributed by atoms with Gasteiger partial charge in [0.1, 0.15) is 6.04 Å². The molecule has 1 saturated heterocycles. The van der Waals surface area contributed by atoms with E-state index in [0.29, 0.717) is 31.1 Å². The van der Waals surface area contributed by atoms with Crippen LogP contribution in [0.3, 0.4) is 0 Å². The molecule has 0 aromatic heterocycles. The first-order valence-corrected chi connectivity index (χ1v) is 7.20. The number of benzene rings is 1. The number of likely N-dealkylation sites (tertiary alicyclic amines) is 1. The van der Waals surface area contributed by atoms with Crippen molar-refractivity contribution in [2.75, 3.05) is 11.9 Å². The molecule has 7 heteroatoms. The second-order valence-electron chi connectivity index (χ2n) is 5.43. The topological polar surface area (TPSA) is 49.4 Å². The standard InChI is InChI=1S/C16H17F3N2O2/c1-11-4-6-12(7-5-11)20-15(23)13-3-2-9-21(13)10-8-14(22)16(17,18)19/h4-8,10,13H,2-3,9H2,1H3,(H,20,23)/b10-8+/t13-/m1/s1. The van der Waals surface area contributed by atoms with Crippen LogP contribution >= 0.6 is 0 Å². The second-order valence-corrected chi connectivity index (χ2v) is 5.43. The van der Waals surface area contributed by atoms with Crippen molar-refractivity contribution in [2.45, 2.75) is 32.0 Å². The van der Waals surface area contributed by atoms with Crippen LogP contribution in [0.5, 0.6) is 0 Å². The summed E-state index contributed by atoms with van der Waals surface area (Å²) in [5.74, 6) is -2.22. The van der Waals surface area contributed by atoms with E-state index in [1.807, 2.05) is 19.1 Å². The third-order valence-electron chi connectivity index (χ3n) is 3.61. The summed E-state index contributed by atoms with van der Waals surface area (Å²) < 4.78 is 36.6. The summed E-state index contributed by atoms with van der Waals surface area (Å²) in [4.78, 5) is 24.6. The molecule has 1 fully saturated rings. The molecular formula is C16H17F3N2O2. The van der Waals surface area contributed by atoms with E-state index in [1.165, 1.54) is 4.90 Å². The number of rotatable bonds is 4. The summed E-state index contributed by atoms with van der Waals surface area (Å²) >= 11 is 0. The number of allylic oxidation sites excluding steroid dienone is 1. The van der Waals surface area contributed by atoms with Gasteiger partial charge in [0.25, 0.3) is 5.78 Å². The van der Waals surface area contributed by atoms with E-state index in [-0.39, 0.29) is 5.91 Å². The second kappa shape index (κ2) is 6.85. The summed E-state index contributed by atoms with van der Waals surface area (Å²) in [7, 11) is 0. The Morgan fingerprint density at radius 1 is 1.26 bits per heavy atom. The van der Waals surface area contributed by atoms with Crippen LogP contribution < -0.4 is 5.32 Å². The molecule has 1 N–H and O–H groups in total. The quantitative estimate of drug-likeness (QED) is 0.865. The van der Waals surface area contributed by atoms with Crippen LogP contribution in [0.2, 0.25) is 0 Å². The molecule has 0 aliphatic carbocycles. The van der Waals surface area contributed by atoms with Crippen molar-refractivity contribution in [3.05, 3.63) is 42.1 Å². The monoisotopic (exact) mass is 326 g/mol. The summed E-state index contributed by atoms with van der Waals surface area (Å²) in [5.41, 5.74) is 1.68. The molecule has 0 radical (unpaired) electrons. The van der Waals surface area contributed by atoms with Crippen molar-refractivity contribution in [1.29, 1.82) is 0 Å². The maximum Gasteiger partial charge on any atom is 0.454 e. The van der Waals surface area contributed by atoms with Crippen LogP contribution in [0.1, 0.15) is 18.4 Å². The zero-order valence-electron chi connectivity index (χ0n) is 12.6. The minimum atomic E-state index is -4.89. The van der Waals surface area contributed by atoms with Gasteiger partial charge in [0.2, 0.25) is 5.91 Å². The van der Waals surface area contributed by atoms with Gasteiger partial charge < -0.3 is 10.2 Å². The van der Waals surface area contributed by atoms with E-state index < -0.39 is 18.0 Å². The highest BCUT2D eigenvalue weighted by molar-refractivity contribution is 5.96. The molecule has 0 bridgehead atoms. The van der Waals surface area contributed by atoms with Crippen molar-refractivity contribution in [3.63, 3.8) is 0 Å². The number of aryl methyl sites for hydroxylation is 1. The van der Waals surface area contributed by atoms with Gasteiger partial charge in [-0.1, -0.05) is 17.7 Å². The van der Waals surface area contributed by atoms with Crippen molar-refractivity contribution in [1.82, 2.24) is 4.90 Å². The molecule has 1 heterocycles. The Bertz CT molecular complexity index is 609. The van der Waals surface area contributed by atoms with Crippen molar-refractivity contribution in [2.24, 2.45) is 0 Å². The fraction of sp³-hybridized carbons (Fsp3) is 0.375. The first-order chi connectivity index (χ1) is 10.8. The third-order valence-corrected chi connectivity index (χ3v) is 3.61. The maximum absolute atomic E-state index is 12.3. The lowest BCUT2D eigenvalue weighted by atomic mass is 10.2. The number of carbonyl (C=O) groups excluding carboxylic acids is 2. The SMILES string of the molecule is Cc1ccc(NC(=O)[C@H]2CCCN2/C=C/C(=O)C(F)(F)F)cc1. The summed E-state index contributed by atoms with van der Waals surface area (Å²) in [5, 5.41) is 2.74. The van der Waals surface area contributed by atoms with Gasteiger partial charge in [-0.25, -0.2) is 0 Å². The minimum Gasteiger partial charge on any atom is -0.365 e. The minimum absolute atomic E-state index is 0.296. The van der Waals surface area contributed by atoms with E-state index >= 15 is 0 Å². The number of nitrogens with zero attached hydrogens (tertiary/aromatic N) is 1. The van der Waals surface area contributed by atoms with Crippen LogP contribution in [0.25, 0.3) is 0 Å². The van der Waals surface area contributed by atoms with Gasteiger partial charge in [-0.2, -0.15) is 13.2 Å². The Balaban J connectivity index is 2.00. The first-order valence-electron chi connectivity index (χ1n) is 7.20. The highest BCUT2D eigenvalue weighted by Crippen LogP contribution is 2.21. The lowest BCUT2D eigenvalue weighted by Crippen LogP contribution is -2.36. The third kappa shape index (κ3) is 4.58. The average molecular weight is 326 g/mol. The Hall–Kier alpha value is -2.31. The Labute approximate surface area is 132 Å². The molecule has 4 nitrogen and oxygen atoms in total. The molecule has 1 amide bonds. The van der Waals surface area contributed by atoms with E-state index in [1.54, 1.807) is 12.1 Å². The summed E-state index contributed by atoms with van der Waals surface area (Å²) in [6, 6.07) is 6.65. The number of hydrogen-bond acceptors (Lipinski definition) is 3. The number of ketones is 1. The zero-order chi connectivity index (χ0) is 17.0. The molecule has 1 aliphatic heterocycles. The molecular weight excluding hydrogens is 309 g/mol. The molecule has 23 heavy (non-hydrogen) atoms. The van der Waals surface area contributed by atoms with E-state index in [4.69, 9.17) is 0 Å². The molecule has 1 aliphatic rings. The average Bonchev–Trinajstić information content (AvgIpc) is 2.94. The number of carbonyl (C=O) groups is 2. The highest BCUT2D eigenvalue weighted by Gasteiger charge is 2.37. The highest BCUT2D eigenvalue weighted by atomic mass is 19.4. The lowest BCUT2D eigenvalue weighted by Gasteiger charge is -2.22. The summed E-state index contributed by atoms with van der Waals surface area (Å²) in [6.45, 7) is 2.36. The maximum atomic E-state index is 12.3.